The molecule has 2 N–H and O–H groups in total. The second-order valence-corrected chi connectivity index (χ2v) is 7.05. The first-order chi connectivity index (χ1) is 9.81. The van der Waals surface area contributed by atoms with Crippen LogP contribution in [0.4, 0.5) is 0 Å². The number of aliphatic carboxylic acids is 1. The van der Waals surface area contributed by atoms with Crippen LogP contribution in [0, 0.1) is 5.41 Å². The number of rotatable bonds is 7. The van der Waals surface area contributed by atoms with Crippen LogP contribution >= 0.6 is 0 Å². The molecule has 1 aromatic carbocycles. The van der Waals surface area contributed by atoms with Crippen LogP contribution in [0.3, 0.4) is 0 Å². The summed E-state index contributed by atoms with van der Waals surface area (Å²) >= 11 is 0. The van der Waals surface area contributed by atoms with E-state index in [1.54, 1.807) is 0 Å². The van der Waals surface area contributed by atoms with E-state index in [1.807, 2.05) is 6.92 Å². The fourth-order valence-electron chi connectivity index (χ4n) is 1.77. The summed E-state index contributed by atoms with van der Waals surface area (Å²) in [5.74, 6) is -0.792. The number of hydrogen-bond donors (Lipinski definition) is 2. The maximum atomic E-state index is 12.1. The molecule has 0 saturated carbocycles. The lowest BCUT2D eigenvalue weighted by atomic mass is 9.89. The van der Waals surface area contributed by atoms with E-state index >= 15 is 0 Å². The second-order valence-electron chi connectivity index (χ2n) is 5.28. The third-order valence-corrected chi connectivity index (χ3v) is 4.50. The van der Waals surface area contributed by atoms with E-state index in [9.17, 15) is 13.2 Å². The van der Waals surface area contributed by atoms with Crippen molar-refractivity contribution < 1.29 is 27.8 Å². The highest BCUT2D eigenvalue weighted by Gasteiger charge is 2.34. The van der Waals surface area contributed by atoms with E-state index in [4.69, 9.17) is 14.6 Å². The Morgan fingerprint density at radius 1 is 1.38 bits per heavy atom. The van der Waals surface area contributed by atoms with E-state index in [1.165, 1.54) is 24.3 Å². The molecule has 1 aliphatic heterocycles. The summed E-state index contributed by atoms with van der Waals surface area (Å²) in [6.45, 7) is 2.87. The van der Waals surface area contributed by atoms with Crippen molar-refractivity contribution in [2.75, 3.05) is 26.4 Å². The molecule has 2 rings (SSSR count). The third-order valence-electron chi connectivity index (χ3n) is 3.09. The molecule has 1 saturated heterocycles. The van der Waals surface area contributed by atoms with Gasteiger partial charge in [0.2, 0.25) is 10.0 Å². The number of carboxylic acids is 1. The largest absolute Gasteiger partial charge is 0.482 e. The predicted octanol–water partition coefficient (Wildman–Crippen LogP) is 0.465. The molecule has 0 spiro atoms. The van der Waals surface area contributed by atoms with E-state index in [2.05, 4.69) is 4.72 Å². The van der Waals surface area contributed by atoms with Gasteiger partial charge in [-0.2, -0.15) is 0 Å². The van der Waals surface area contributed by atoms with Crippen molar-refractivity contribution in [1.82, 2.24) is 4.72 Å². The van der Waals surface area contributed by atoms with Crippen molar-refractivity contribution >= 4 is 16.0 Å². The van der Waals surface area contributed by atoms with Crippen LogP contribution in [0.1, 0.15) is 6.92 Å². The molecule has 8 heteroatoms. The summed E-state index contributed by atoms with van der Waals surface area (Å²) in [7, 11) is -3.60. The van der Waals surface area contributed by atoms with Gasteiger partial charge in [0.05, 0.1) is 18.1 Å². The maximum absolute atomic E-state index is 12.1. The molecule has 0 bridgehead atoms. The predicted molar refractivity (Wildman–Crippen MR) is 73.7 cm³/mol. The molecule has 0 unspecified atom stereocenters. The highest BCUT2D eigenvalue weighted by Crippen LogP contribution is 2.26. The van der Waals surface area contributed by atoms with Crippen LogP contribution < -0.4 is 9.46 Å². The lowest BCUT2D eigenvalue weighted by molar-refractivity contribution is -0.139. The molecule has 0 radical (unpaired) electrons. The number of nitrogens with one attached hydrogen (secondary N) is 1. The zero-order chi connectivity index (χ0) is 15.5. The molecule has 0 aromatic heterocycles. The van der Waals surface area contributed by atoms with E-state index < -0.39 is 22.6 Å². The average Bonchev–Trinajstić information content (AvgIpc) is 2.41. The smallest absolute Gasteiger partial charge is 0.341 e. The van der Waals surface area contributed by atoms with Gasteiger partial charge in [0.1, 0.15) is 5.75 Å². The topological polar surface area (TPSA) is 102 Å². The molecular weight excluding hydrogens is 298 g/mol. The summed E-state index contributed by atoms with van der Waals surface area (Å²) in [4.78, 5) is 10.5. The zero-order valence-electron chi connectivity index (χ0n) is 11.5. The SMILES string of the molecule is CC1(CNS(=O)(=O)c2ccc(OCC(=O)O)cc2)COC1. The molecule has 21 heavy (non-hydrogen) atoms. The van der Waals surface area contributed by atoms with E-state index in [0.717, 1.165) is 0 Å². The Morgan fingerprint density at radius 2 is 2.00 bits per heavy atom. The number of carbonyl (C=O) groups is 1. The van der Waals surface area contributed by atoms with Crippen molar-refractivity contribution in [3.63, 3.8) is 0 Å². The maximum Gasteiger partial charge on any atom is 0.341 e. The molecule has 1 aliphatic rings. The monoisotopic (exact) mass is 315 g/mol. The normalized spacial score (nSPS) is 17.0. The minimum atomic E-state index is -3.60. The van der Waals surface area contributed by atoms with Crippen LogP contribution in [0.2, 0.25) is 0 Å². The summed E-state index contributed by atoms with van der Waals surface area (Å²) in [5.41, 5.74) is -0.155. The summed E-state index contributed by atoms with van der Waals surface area (Å²) < 4.78 is 36.8. The average molecular weight is 315 g/mol. The van der Waals surface area contributed by atoms with Crippen molar-refractivity contribution in [2.45, 2.75) is 11.8 Å². The molecule has 1 heterocycles. The second kappa shape index (κ2) is 6.00. The summed E-state index contributed by atoms with van der Waals surface area (Å²) in [6.07, 6.45) is 0. The van der Waals surface area contributed by atoms with Gasteiger partial charge in [0, 0.05) is 12.0 Å². The van der Waals surface area contributed by atoms with Crippen LogP contribution in [-0.4, -0.2) is 45.9 Å². The van der Waals surface area contributed by atoms with Crippen molar-refractivity contribution in [1.29, 1.82) is 0 Å². The first kappa shape index (κ1) is 15.7. The van der Waals surface area contributed by atoms with E-state index in [-0.39, 0.29) is 10.3 Å². The Kier molecular flexibility index (Phi) is 4.50. The Hall–Kier alpha value is -1.64. The number of sulfonamides is 1. The van der Waals surface area contributed by atoms with Gasteiger partial charge in [-0.3, -0.25) is 0 Å². The first-order valence-corrected chi connectivity index (χ1v) is 7.81. The summed E-state index contributed by atoms with van der Waals surface area (Å²) in [5, 5.41) is 8.49. The summed E-state index contributed by atoms with van der Waals surface area (Å²) in [6, 6.07) is 5.59. The first-order valence-electron chi connectivity index (χ1n) is 6.33. The minimum Gasteiger partial charge on any atom is -0.482 e. The molecule has 1 aromatic rings. The standard InChI is InChI=1S/C13H17NO6S/c1-13(8-19-9-13)7-14-21(17,18)11-4-2-10(3-5-11)20-6-12(15)16/h2-5,14H,6-9H2,1H3,(H,15,16). The fourth-order valence-corrected chi connectivity index (χ4v) is 2.96. The van der Waals surface area contributed by atoms with Crippen LogP contribution in [0.15, 0.2) is 29.2 Å². The number of hydrogen-bond acceptors (Lipinski definition) is 5. The van der Waals surface area contributed by atoms with Gasteiger partial charge in [0.15, 0.2) is 6.61 Å². The molecule has 1 fully saturated rings. The quantitative estimate of drug-likeness (QED) is 0.758. The van der Waals surface area contributed by atoms with E-state index in [0.29, 0.717) is 25.5 Å². The Morgan fingerprint density at radius 3 is 2.48 bits per heavy atom. The lowest BCUT2D eigenvalue weighted by Crippen LogP contribution is -2.48. The van der Waals surface area contributed by atoms with Gasteiger partial charge in [0.25, 0.3) is 0 Å². The number of ether oxygens (including phenoxy) is 2. The van der Waals surface area contributed by atoms with Gasteiger partial charge in [-0.25, -0.2) is 17.9 Å². The van der Waals surface area contributed by atoms with Crippen LogP contribution in [0.5, 0.6) is 5.75 Å². The number of carboxylic acid groups (broad SMARTS) is 1. The van der Waals surface area contributed by atoms with Gasteiger partial charge >= 0.3 is 5.97 Å². The Bertz CT molecular complexity index is 606. The van der Waals surface area contributed by atoms with Gasteiger partial charge in [-0.05, 0) is 24.3 Å². The van der Waals surface area contributed by atoms with Crippen LogP contribution in [0.25, 0.3) is 0 Å². The van der Waals surface area contributed by atoms with Gasteiger partial charge in [-0.15, -0.1) is 0 Å². The zero-order valence-corrected chi connectivity index (χ0v) is 12.4. The fraction of sp³-hybridized carbons (Fsp3) is 0.462. The highest BCUT2D eigenvalue weighted by atomic mass is 32.2. The highest BCUT2D eigenvalue weighted by molar-refractivity contribution is 7.89. The number of benzene rings is 1. The van der Waals surface area contributed by atoms with Crippen molar-refractivity contribution in [3.8, 4) is 5.75 Å². The Labute approximate surface area is 122 Å². The molecule has 116 valence electrons. The molecule has 7 nitrogen and oxygen atoms in total. The minimum absolute atomic E-state index is 0.106. The molecule has 0 amide bonds. The molecule has 0 atom stereocenters. The van der Waals surface area contributed by atoms with Gasteiger partial charge in [-0.1, -0.05) is 6.92 Å². The van der Waals surface area contributed by atoms with Crippen molar-refractivity contribution in [2.24, 2.45) is 5.41 Å². The molecular formula is C13H17NO6S. The lowest BCUT2D eigenvalue weighted by Gasteiger charge is -2.37. The Balaban J connectivity index is 1.97. The van der Waals surface area contributed by atoms with Crippen LogP contribution in [-0.2, 0) is 19.6 Å². The molecule has 0 aliphatic carbocycles. The van der Waals surface area contributed by atoms with Gasteiger partial charge < -0.3 is 14.6 Å². The third kappa shape index (κ3) is 4.16. The van der Waals surface area contributed by atoms with Crippen molar-refractivity contribution in [3.05, 3.63) is 24.3 Å².